The maximum Gasteiger partial charge on any atom is 0.324 e. The zero-order chi connectivity index (χ0) is 12.5. The third kappa shape index (κ3) is 4.81. The fourth-order valence-electron chi connectivity index (χ4n) is 1.04. The van der Waals surface area contributed by atoms with Crippen LogP contribution in [0.15, 0.2) is 0 Å². The molecule has 7 heteroatoms. The first-order valence-corrected chi connectivity index (χ1v) is 5.57. The first kappa shape index (κ1) is 13.4. The minimum Gasteiger partial charge on any atom is -0.464 e. The normalized spacial score (nSPS) is 10.1. The molecular weight excluding hydrogens is 224 g/mol. The number of anilines is 1. The van der Waals surface area contributed by atoms with E-state index in [0.29, 0.717) is 32.4 Å². The van der Waals surface area contributed by atoms with E-state index in [9.17, 15) is 0 Å². The number of rotatable bonds is 8. The second kappa shape index (κ2) is 7.61. The lowest BCUT2D eigenvalue weighted by molar-refractivity contribution is 0.106. The second-order valence-corrected chi connectivity index (χ2v) is 2.95. The van der Waals surface area contributed by atoms with Gasteiger partial charge in [0.2, 0.25) is 5.95 Å². The van der Waals surface area contributed by atoms with Crippen molar-refractivity contribution in [2.24, 2.45) is 0 Å². The predicted molar refractivity (Wildman–Crippen MR) is 62.5 cm³/mol. The molecule has 0 aliphatic rings. The second-order valence-electron chi connectivity index (χ2n) is 2.95. The molecule has 0 aliphatic heterocycles. The molecule has 1 N–H and O–H groups in total. The quantitative estimate of drug-likeness (QED) is 0.673. The highest BCUT2D eigenvalue weighted by molar-refractivity contribution is 5.26. The lowest BCUT2D eigenvalue weighted by Crippen LogP contribution is -2.11. The molecule has 7 nitrogen and oxygen atoms in total. The molecular formula is C10H18N4O3. The van der Waals surface area contributed by atoms with Gasteiger partial charge in [-0.2, -0.15) is 9.97 Å². The first-order chi connectivity index (χ1) is 8.30. The summed E-state index contributed by atoms with van der Waals surface area (Å²) in [5.41, 5.74) is 0. The first-order valence-electron chi connectivity index (χ1n) is 5.57. The Bertz CT molecular complexity index is 335. The highest BCUT2D eigenvalue weighted by Gasteiger charge is 2.06. The summed E-state index contributed by atoms with van der Waals surface area (Å²) in [6.07, 6.45) is 0. The Morgan fingerprint density at radius 3 is 2.24 bits per heavy atom. The Morgan fingerprint density at radius 1 is 0.941 bits per heavy atom. The van der Waals surface area contributed by atoms with E-state index in [2.05, 4.69) is 20.3 Å². The van der Waals surface area contributed by atoms with E-state index in [1.165, 1.54) is 0 Å². The summed E-state index contributed by atoms with van der Waals surface area (Å²) in [6.45, 7) is 5.83. The van der Waals surface area contributed by atoms with Crippen molar-refractivity contribution in [3.05, 3.63) is 0 Å². The van der Waals surface area contributed by atoms with E-state index in [4.69, 9.17) is 14.2 Å². The van der Waals surface area contributed by atoms with Crippen molar-refractivity contribution in [1.82, 2.24) is 15.0 Å². The molecule has 0 bridgehead atoms. The van der Waals surface area contributed by atoms with Gasteiger partial charge in [0.25, 0.3) is 0 Å². The Kier molecular flexibility index (Phi) is 6.02. The van der Waals surface area contributed by atoms with Crippen molar-refractivity contribution in [3.63, 3.8) is 0 Å². The van der Waals surface area contributed by atoms with Gasteiger partial charge >= 0.3 is 12.0 Å². The van der Waals surface area contributed by atoms with E-state index in [1.54, 1.807) is 7.05 Å². The van der Waals surface area contributed by atoms with Gasteiger partial charge < -0.3 is 19.5 Å². The Labute approximate surface area is 101 Å². The zero-order valence-corrected chi connectivity index (χ0v) is 10.4. The van der Waals surface area contributed by atoms with E-state index in [0.717, 1.165) is 0 Å². The molecule has 1 heterocycles. The lowest BCUT2D eigenvalue weighted by atomic mass is 10.7. The van der Waals surface area contributed by atoms with Crippen molar-refractivity contribution in [3.8, 4) is 12.0 Å². The average molecular weight is 242 g/mol. The van der Waals surface area contributed by atoms with Gasteiger partial charge in [-0.15, -0.1) is 4.98 Å². The molecule has 1 rings (SSSR count). The fourth-order valence-corrected chi connectivity index (χ4v) is 1.04. The summed E-state index contributed by atoms with van der Waals surface area (Å²) in [7, 11) is 1.72. The van der Waals surface area contributed by atoms with Gasteiger partial charge in [0.15, 0.2) is 0 Å². The molecule has 1 aromatic rings. The van der Waals surface area contributed by atoms with Gasteiger partial charge in [0, 0.05) is 13.7 Å². The van der Waals surface area contributed by atoms with Gasteiger partial charge in [0.1, 0.15) is 6.61 Å². The fraction of sp³-hybridized carbons (Fsp3) is 0.700. The highest BCUT2D eigenvalue weighted by Crippen LogP contribution is 2.12. The van der Waals surface area contributed by atoms with Crippen LogP contribution in [0.3, 0.4) is 0 Å². The smallest absolute Gasteiger partial charge is 0.324 e. The van der Waals surface area contributed by atoms with E-state index in [1.807, 2.05) is 13.8 Å². The van der Waals surface area contributed by atoms with Gasteiger partial charge in [-0.3, -0.25) is 0 Å². The van der Waals surface area contributed by atoms with Crippen LogP contribution in [0.5, 0.6) is 12.0 Å². The Hall–Kier alpha value is -1.63. The topological polar surface area (TPSA) is 78.4 Å². The zero-order valence-electron chi connectivity index (χ0n) is 10.4. The van der Waals surface area contributed by atoms with Gasteiger partial charge in [-0.05, 0) is 13.8 Å². The third-order valence-electron chi connectivity index (χ3n) is 1.75. The molecule has 0 saturated heterocycles. The standard InChI is InChI=1S/C10H18N4O3/c1-4-15-6-7-17-10-13-8(11-3)12-9(14-10)16-5-2/h4-7H2,1-3H3,(H,11,12,13,14). The molecule has 96 valence electrons. The third-order valence-corrected chi connectivity index (χ3v) is 1.75. The van der Waals surface area contributed by atoms with Crippen LogP contribution < -0.4 is 14.8 Å². The van der Waals surface area contributed by atoms with Crippen molar-refractivity contribution in [1.29, 1.82) is 0 Å². The number of nitrogens with one attached hydrogen (secondary N) is 1. The number of aromatic nitrogens is 3. The van der Waals surface area contributed by atoms with Crippen molar-refractivity contribution >= 4 is 5.95 Å². The molecule has 17 heavy (non-hydrogen) atoms. The Morgan fingerprint density at radius 2 is 1.65 bits per heavy atom. The van der Waals surface area contributed by atoms with Crippen molar-refractivity contribution in [2.45, 2.75) is 13.8 Å². The molecule has 0 aliphatic carbocycles. The highest BCUT2D eigenvalue weighted by atomic mass is 16.5. The average Bonchev–Trinajstić information content (AvgIpc) is 2.35. The molecule has 0 saturated carbocycles. The molecule has 0 fully saturated rings. The maximum absolute atomic E-state index is 5.33. The maximum atomic E-state index is 5.33. The van der Waals surface area contributed by atoms with Crippen LogP contribution in [-0.2, 0) is 4.74 Å². The number of hydrogen-bond donors (Lipinski definition) is 1. The van der Waals surface area contributed by atoms with E-state index >= 15 is 0 Å². The van der Waals surface area contributed by atoms with Crippen LogP contribution in [0.4, 0.5) is 5.95 Å². The SMILES string of the molecule is CCOCCOc1nc(NC)nc(OCC)n1. The summed E-state index contributed by atoms with van der Waals surface area (Å²) < 4.78 is 15.7. The molecule has 1 aromatic heterocycles. The summed E-state index contributed by atoms with van der Waals surface area (Å²) in [5.74, 6) is 0.412. The molecule has 0 aromatic carbocycles. The molecule has 0 spiro atoms. The molecule has 0 amide bonds. The Balaban J connectivity index is 2.59. The lowest BCUT2D eigenvalue weighted by Gasteiger charge is -2.07. The van der Waals surface area contributed by atoms with Gasteiger partial charge in [-0.25, -0.2) is 0 Å². The summed E-state index contributed by atoms with van der Waals surface area (Å²) in [4.78, 5) is 12.1. The van der Waals surface area contributed by atoms with Gasteiger partial charge in [-0.1, -0.05) is 0 Å². The summed E-state index contributed by atoms with van der Waals surface area (Å²) in [6, 6.07) is 0.478. The van der Waals surface area contributed by atoms with Crippen molar-refractivity contribution < 1.29 is 14.2 Å². The molecule has 0 radical (unpaired) electrons. The number of nitrogens with zero attached hydrogens (tertiary/aromatic N) is 3. The van der Waals surface area contributed by atoms with Crippen LogP contribution in [0.1, 0.15) is 13.8 Å². The van der Waals surface area contributed by atoms with Crippen LogP contribution in [0.2, 0.25) is 0 Å². The minimum absolute atomic E-state index is 0.229. The van der Waals surface area contributed by atoms with Gasteiger partial charge in [0.05, 0.1) is 13.2 Å². The van der Waals surface area contributed by atoms with E-state index < -0.39 is 0 Å². The molecule has 0 atom stereocenters. The molecule has 0 unspecified atom stereocenters. The van der Waals surface area contributed by atoms with Crippen LogP contribution in [-0.4, -0.2) is 48.4 Å². The summed E-state index contributed by atoms with van der Waals surface area (Å²) in [5, 5.41) is 2.81. The van der Waals surface area contributed by atoms with Crippen LogP contribution >= 0.6 is 0 Å². The van der Waals surface area contributed by atoms with Crippen LogP contribution in [0, 0.1) is 0 Å². The minimum atomic E-state index is 0.229. The number of ether oxygens (including phenoxy) is 3. The monoisotopic (exact) mass is 242 g/mol. The van der Waals surface area contributed by atoms with Crippen molar-refractivity contribution in [2.75, 3.05) is 38.8 Å². The largest absolute Gasteiger partial charge is 0.464 e. The van der Waals surface area contributed by atoms with E-state index in [-0.39, 0.29) is 12.0 Å². The predicted octanol–water partition coefficient (Wildman–Crippen LogP) is 0.727. The van der Waals surface area contributed by atoms with Crippen LogP contribution in [0.25, 0.3) is 0 Å². The number of hydrogen-bond acceptors (Lipinski definition) is 7. The summed E-state index contributed by atoms with van der Waals surface area (Å²) >= 11 is 0.